The van der Waals surface area contributed by atoms with Crippen LogP contribution in [-0.4, -0.2) is 33.8 Å². The zero-order valence-electron chi connectivity index (χ0n) is 22.6. The molecule has 0 fully saturated rings. The van der Waals surface area contributed by atoms with E-state index < -0.39 is 23.7 Å². The minimum Gasteiger partial charge on any atom is -0.380 e. The molecule has 0 radical (unpaired) electrons. The molecule has 5 aromatic rings. The summed E-state index contributed by atoms with van der Waals surface area (Å²) in [6, 6.07) is 23.9. The highest BCUT2D eigenvalue weighted by Crippen LogP contribution is 2.35. The molecule has 0 spiro atoms. The highest BCUT2D eigenvalue weighted by atomic mass is 16.5. The number of hydrogen-bond donors (Lipinski definition) is 4. The minimum absolute atomic E-state index is 0.0325. The molecule has 0 saturated heterocycles. The molecule has 5 N–H and O–H groups in total. The zero-order valence-corrected chi connectivity index (χ0v) is 22.6. The van der Waals surface area contributed by atoms with Crippen molar-refractivity contribution < 1.29 is 28.8 Å². The van der Waals surface area contributed by atoms with Gasteiger partial charge in [-0.25, -0.2) is 0 Å². The summed E-state index contributed by atoms with van der Waals surface area (Å²) >= 11 is 0. The number of carbonyl (C=O) groups is 4. The standard InChI is InChI=1S/C32H23N5O6/c1-17(38)35-25-10-6-5-9-20(25)21-14-24-27(15-22(21)31(34)41)43-37-28(24)32(42)36-26-12-11-18(16-33)13-23(26)30(40)29(39)19-7-3-2-4-8-19/h2-15,29,39H,1H3,(H2,34,41)(H,35,38)(H,36,42). The highest BCUT2D eigenvalue weighted by Gasteiger charge is 2.26. The monoisotopic (exact) mass is 573 g/mol. The predicted octanol–water partition coefficient (Wildman–Crippen LogP) is 4.59. The number of amides is 3. The summed E-state index contributed by atoms with van der Waals surface area (Å²) in [5.41, 5.74) is 7.29. The van der Waals surface area contributed by atoms with Crippen molar-refractivity contribution in [3.8, 4) is 17.2 Å². The molecule has 212 valence electrons. The van der Waals surface area contributed by atoms with Gasteiger partial charge in [-0.1, -0.05) is 53.7 Å². The fourth-order valence-corrected chi connectivity index (χ4v) is 4.63. The average molecular weight is 574 g/mol. The number of rotatable bonds is 8. The van der Waals surface area contributed by atoms with Crippen molar-refractivity contribution in [1.82, 2.24) is 5.16 Å². The molecule has 0 aliphatic rings. The van der Waals surface area contributed by atoms with E-state index in [1.165, 1.54) is 37.3 Å². The second-order valence-electron chi connectivity index (χ2n) is 9.52. The number of carbonyl (C=O) groups excluding carboxylic acids is 4. The van der Waals surface area contributed by atoms with Crippen molar-refractivity contribution in [3.63, 3.8) is 0 Å². The fourth-order valence-electron chi connectivity index (χ4n) is 4.63. The van der Waals surface area contributed by atoms with Crippen LogP contribution in [-0.2, 0) is 4.79 Å². The lowest BCUT2D eigenvalue weighted by Crippen LogP contribution is -2.19. The SMILES string of the molecule is CC(=O)Nc1ccccc1-c1cc2c(C(=O)Nc3ccc(C#N)cc3C(=O)C(O)c3ccccc3)noc2cc1C(N)=O. The molecular weight excluding hydrogens is 550 g/mol. The zero-order chi connectivity index (χ0) is 30.7. The van der Waals surface area contributed by atoms with E-state index in [-0.39, 0.29) is 44.9 Å². The van der Waals surface area contributed by atoms with Crippen LogP contribution in [0.1, 0.15) is 55.4 Å². The van der Waals surface area contributed by atoms with Gasteiger partial charge in [-0.15, -0.1) is 0 Å². The number of ketones is 1. The van der Waals surface area contributed by atoms with E-state index in [4.69, 9.17) is 10.3 Å². The molecule has 1 unspecified atom stereocenters. The summed E-state index contributed by atoms with van der Waals surface area (Å²) in [5.74, 6) is -2.59. The molecule has 3 amide bonds. The number of anilines is 2. The van der Waals surface area contributed by atoms with Crippen molar-refractivity contribution in [2.24, 2.45) is 5.73 Å². The molecule has 43 heavy (non-hydrogen) atoms. The largest absolute Gasteiger partial charge is 0.380 e. The van der Waals surface area contributed by atoms with Gasteiger partial charge in [0.15, 0.2) is 17.1 Å². The Kier molecular flexibility index (Phi) is 7.78. The minimum atomic E-state index is -1.54. The molecule has 0 bridgehead atoms. The van der Waals surface area contributed by atoms with Gasteiger partial charge in [0.25, 0.3) is 5.91 Å². The molecular formula is C32H23N5O6. The number of nitriles is 1. The first-order chi connectivity index (χ1) is 20.7. The lowest BCUT2D eigenvalue weighted by molar-refractivity contribution is -0.114. The number of aliphatic hydroxyl groups is 1. The van der Waals surface area contributed by atoms with Gasteiger partial charge < -0.3 is 26.0 Å². The molecule has 5 rings (SSSR count). The average Bonchev–Trinajstić information content (AvgIpc) is 3.43. The number of nitrogens with one attached hydrogen (secondary N) is 2. The topological polar surface area (TPSA) is 188 Å². The van der Waals surface area contributed by atoms with Gasteiger partial charge in [-0.05, 0) is 47.5 Å². The van der Waals surface area contributed by atoms with Crippen molar-refractivity contribution in [3.05, 3.63) is 113 Å². The second kappa shape index (κ2) is 11.8. The van der Waals surface area contributed by atoms with Crippen molar-refractivity contribution in [1.29, 1.82) is 5.26 Å². The van der Waals surface area contributed by atoms with Gasteiger partial charge in [0.1, 0.15) is 6.10 Å². The van der Waals surface area contributed by atoms with Crippen LogP contribution in [0.5, 0.6) is 0 Å². The smallest absolute Gasteiger partial charge is 0.278 e. The Morgan fingerprint density at radius 2 is 1.60 bits per heavy atom. The first kappa shape index (κ1) is 28.4. The maximum atomic E-state index is 13.5. The Morgan fingerprint density at radius 3 is 2.30 bits per heavy atom. The summed E-state index contributed by atoms with van der Waals surface area (Å²) < 4.78 is 5.36. The van der Waals surface area contributed by atoms with E-state index in [1.807, 2.05) is 6.07 Å². The number of Topliss-reactive ketones (excluding diaryl/α,β-unsaturated/α-hetero) is 1. The van der Waals surface area contributed by atoms with E-state index in [9.17, 15) is 29.5 Å². The maximum absolute atomic E-state index is 13.5. The molecule has 4 aromatic carbocycles. The van der Waals surface area contributed by atoms with Crippen LogP contribution in [0.2, 0.25) is 0 Å². The quantitative estimate of drug-likeness (QED) is 0.194. The molecule has 1 atom stereocenters. The Hall–Kier alpha value is -6.12. The molecule has 0 saturated carbocycles. The van der Waals surface area contributed by atoms with Gasteiger partial charge in [0, 0.05) is 23.7 Å². The number of hydrogen-bond acceptors (Lipinski definition) is 8. The van der Waals surface area contributed by atoms with Crippen molar-refractivity contribution in [2.75, 3.05) is 10.6 Å². The molecule has 0 aliphatic heterocycles. The number of fused-ring (bicyclic) bond motifs is 1. The van der Waals surface area contributed by atoms with E-state index in [0.29, 0.717) is 22.4 Å². The van der Waals surface area contributed by atoms with E-state index in [2.05, 4.69) is 15.8 Å². The lowest BCUT2D eigenvalue weighted by atomic mass is 9.95. The Bertz CT molecular complexity index is 1960. The predicted molar refractivity (Wildman–Crippen MR) is 157 cm³/mol. The summed E-state index contributed by atoms with van der Waals surface area (Å²) in [6.07, 6.45) is -1.54. The molecule has 11 heteroatoms. The third-order valence-corrected chi connectivity index (χ3v) is 6.64. The molecule has 11 nitrogen and oxygen atoms in total. The molecule has 0 aliphatic carbocycles. The van der Waals surface area contributed by atoms with Crippen LogP contribution in [0.4, 0.5) is 11.4 Å². The first-order valence-electron chi connectivity index (χ1n) is 12.9. The second-order valence-corrected chi connectivity index (χ2v) is 9.52. The number of primary amides is 1. The third kappa shape index (κ3) is 5.72. The fraction of sp³-hybridized carbons (Fsp3) is 0.0625. The van der Waals surface area contributed by atoms with E-state index in [0.717, 1.165) is 0 Å². The summed E-state index contributed by atoms with van der Waals surface area (Å²) in [7, 11) is 0. The Labute approximate surface area is 244 Å². The molecule has 1 heterocycles. The lowest BCUT2D eigenvalue weighted by Gasteiger charge is -2.15. The number of aliphatic hydroxyl groups excluding tert-OH is 1. The summed E-state index contributed by atoms with van der Waals surface area (Å²) in [4.78, 5) is 51.0. The summed E-state index contributed by atoms with van der Waals surface area (Å²) in [6.45, 7) is 1.35. The van der Waals surface area contributed by atoms with Crippen LogP contribution in [0.15, 0.2) is 89.5 Å². The number of aromatic nitrogens is 1. The van der Waals surface area contributed by atoms with E-state index >= 15 is 0 Å². The molecule has 1 aromatic heterocycles. The Morgan fingerprint density at radius 1 is 0.884 bits per heavy atom. The van der Waals surface area contributed by atoms with Gasteiger partial charge >= 0.3 is 0 Å². The highest BCUT2D eigenvalue weighted by molar-refractivity contribution is 6.16. The van der Waals surface area contributed by atoms with Gasteiger partial charge in [-0.2, -0.15) is 5.26 Å². The first-order valence-corrected chi connectivity index (χ1v) is 12.9. The van der Waals surface area contributed by atoms with Crippen LogP contribution in [0.25, 0.3) is 22.1 Å². The van der Waals surface area contributed by atoms with Crippen LogP contribution in [0, 0.1) is 11.3 Å². The number of para-hydroxylation sites is 1. The van der Waals surface area contributed by atoms with Gasteiger partial charge in [-0.3, -0.25) is 19.2 Å². The normalized spacial score (nSPS) is 11.4. The van der Waals surface area contributed by atoms with Crippen molar-refractivity contribution >= 4 is 45.8 Å². The van der Waals surface area contributed by atoms with Crippen molar-refractivity contribution in [2.45, 2.75) is 13.0 Å². The maximum Gasteiger partial charge on any atom is 0.278 e. The van der Waals surface area contributed by atoms with Gasteiger partial charge in [0.2, 0.25) is 11.8 Å². The van der Waals surface area contributed by atoms with Gasteiger partial charge in [0.05, 0.1) is 28.3 Å². The van der Waals surface area contributed by atoms with Crippen LogP contribution >= 0.6 is 0 Å². The Balaban J connectivity index is 1.56. The van der Waals surface area contributed by atoms with Crippen LogP contribution < -0.4 is 16.4 Å². The van der Waals surface area contributed by atoms with Crippen LogP contribution in [0.3, 0.4) is 0 Å². The number of nitrogens with zero attached hydrogens (tertiary/aromatic N) is 2. The third-order valence-electron chi connectivity index (χ3n) is 6.64. The van der Waals surface area contributed by atoms with E-state index in [1.54, 1.807) is 54.6 Å². The summed E-state index contributed by atoms with van der Waals surface area (Å²) in [5, 5.41) is 29.6. The number of benzene rings is 4. The number of nitrogens with two attached hydrogens (primary N) is 1.